The molecule has 2 amide bonds. The van der Waals surface area contributed by atoms with Gasteiger partial charge < -0.3 is 19.9 Å². The number of imidazole rings is 1. The normalized spacial score (nSPS) is 21.8. The minimum absolute atomic E-state index is 0.141. The van der Waals surface area contributed by atoms with E-state index in [1.54, 1.807) is 13.3 Å². The van der Waals surface area contributed by atoms with Crippen LogP contribution in [0.15, 0.2) is 47.4 Å². The molecule has 2 aliphatic heterocycles. The fourth-order valence-electron chi connectivity index (χ4n) is 5.28. The zero-order chi connectivity index (χ0) is 26.6. The summed E-state index contributed by atoms with van der Waals surface area (Å²) in [6.07, 6.45) is 2.60. The van der Waals surface area contributed by atoms with E-state index in [2.05, 4.69) is 5.48 Å². The lowest BCUT2D eigenvalue weighted by molar-refractivity contribution is -0.515. The quantitative estimate of drug-likeness (QED) is 0.200. The van der Waals surface area contributed by atoms with E-state index in [4.69, 9.17) is 4.84 Å². The molecule has 194 valence electrons. The number of aliphatic hydroxyl groups is 1. The Labute approximate surface area is 221 Å². The summed E-state index contributed by atoms with van der Waals surface area (Å²) in [7, 11) is 0. The van der Waals surface area contributed by atoms with Crippen LogP contribution in [0.5, 0.6) is 0 Å². The highest BCUT2D eigenvalue weighted by molar-refractivity contribution is 7.98. The Morgan fingerprint density at radius 1 is 1.32 bits per heavy atom. The number of hydrogen-bond donors (Lipinski definition) is 2. The Kier molecular flexibility index (Phi) is 6.61. The first kappa shape index (κ1) is 25.5. The van der Waals surface area contributed by atoms with E-state index in [9.17, 15) is 24.6 Å². The van der Waals surface area contributed by atoms with Crippen molar-refractivity contribution in [2.75, 3.05) is 6.26 Å². The maximum atomic E-state index is 12.9. The number of benzene rings is 1. The number of β-lactam (4-membered cyclic amide) rings is 1. The maximum Gasteiger partial charge on any atom is 0.438 e. The van der Waals surface area contributed by atoms with E-state index >= 15 is 0 Å². The lowest BCUT2D eigenvalue weighted by atomic mass is 9.77. The van der Waals surface area contributed by atoms with Crippen LogP contribution in [0.25, 0.3) is 10.4 Å². The topological polar surface area (TPSA) is 128 Å². The number of fused-ring (bicyclic) bond motifs is 2. The number of hydrogen-bond acceptors (Lipinski definition) is 8. The van der Waals surface area contributed by atoms with Crippen molar-refractivity contribution in [3.63, 3.8) is 0 Å². The summed E-state index contributed by atoms with van der Waals surface area (Å²) in [5.41, 5.74) is 4.49. The average molecular weight is 543 g/mol. The van der Waals surface area contributed by atoms with Gasteiger partial charge in [0.25, 0.3) is 6.33 Å². The summed E-state index contributed by atoms with van der Waals surface area (Å²) in [4.78, 5) is 45.9. The van der Waals surface area contributed by atoms with Crippen molar-refractivity contribution in [3.05, 3.63) is 58.5 Å². The van der Waals surface area contributed by atoms with E-state index in [0.29, 0.717) is 15.5 Å². The van der Waals surface area contributed by atoms with Crippen molar-refractivity contribution in [3.8, 4) is 0 Å². The van der Waals surface area contributed by atoms with Crippen LogP contribution in [-0.2, 0) is 21.0 Å². The van der Waals surface area contributed by atoms with Gasteiger partial charge in [0.15, 0.2) is 0 Å². The molecule has 12 heteroatoms. The van der Waals surface area contributed by atoms with Gasteiger partial charge in [-0.25, -0.2) is 4.79 Å². The summed E-state index contributed by atoms with van der Waals surface area (Å²) in [5.74, 6) is -2.80. The number of carboxylic acid groups (broad SMARTS) is 1. The van der Waals surface area contributed by atoms with Gasteiger partial charge in [0.2, 0.25) is 15.8 Å². The van der Waals surface area contributed by atoms with E-state index in [1.807, 2.05) is 54.8 Å². The largest absolute Gasteiger partial charge is 0.543 e. The van der Waals surface area contributed by atoms with Crippen molar-refractivity contribution >= 4 is 51.4 Å². The molecule has 0 spiro atoms. The Morgan fingerprint density at radius 2 is 2.03 bits per heavy atom. The number of carboxylic acids is 1. The fourth-order valence-corrected chi connectivity index (χ4v) is 7.55. The lowest BCUT2D eigenvalue weighted by Gasteiger charge is -2.47. The van der Waals surface area contributed by atoms with Crippen LogP contribution in [-0.4, -0.2) is 50.9 Å². The smallest absolute Gasteiger partial charge is 0.438 e. The van der Waals surface area contributed by atoms with Gasteiger partial charge in [0.05, 0.1) is 41.2 Å². The number of aliphatic hydroxyl groups excluding tert-OH is 1. The highest BCUT2D eigenvalue weighted by Crippen LogP contribution is 2.51. The summed E-state index contributed by atoms with van der Waals surface area (Å²) in [5, 5.41) is 22.9. The molecule has 0 bridgehead atoms. The van der Waals surface area contributed by atoms with Gasteiger partial charge in [-0.1, -0.05) is 60.4 Å². The predicted molar refractivity (Wildman–Crippen MR) is 134 cm³/mol. The van der Waals surface area contributed by atoms with Crippen molar-refractivity contribution in [1.82, 2.24) is 14.9 Å². The van der Waals surface area contributed by atoms with Crippen molar-refractivity contribution in [1.29, 1.82) is 0 Å². The standard InChI is InChI=1S/C25H26N4O6S2/c1-12-16(19(24(32)33)29-18(12)17(14(3)30)21(29)31)20-13(2)27-11-28(22(36-4)23(27)37-20)25(34)26-35-10-15-8-6-5-7-9-15/h5-9,11-12,14,17-18,30H,10H2,1-4H3,(H-,26,32,33,34)/t12-,14+,17+,18+/m0/s1. The Bertz CT molecular complexity index is 1440. The van der Waals surface area contributed by atoms with Crippen molar-refractivity contribution in [2.24, 2.45) is 11.8 Å². The summed E-state index contributed by atoms with van der Waals surface area (Å²) in [6, 6.07) is 8.56. The molecule has 3 aromatic rings. The van der Waals surface area contributed by atoms with E-state index in [1.165, 1.54) is 32.6 Å². The van der Waals surface area contributed by atoms with Gasteiger partial charge in [-0.05, 0) is 25.7 Å². The molecule has 4 heterocycles. The Hall–Kier alpha value is -3.19. The van der Waals surface area contributed by atoms with E-state index in [-0.39, 0.29) is 18.2 Å². The Morgan fingerprint density at radius 3 is 2.65 bits per heavy atom. The molecule has 2 aromatic heterocycles. The van der Waals surface area contributed by atoms with Crippen molar-refractivity contribution < 1.29 is 33.8 Å². The molecule has 1 saturated heterocycles. The van der Waals surface area contributed by atoms with Crippen LogP contribution in [0.2, 0.25) is 0 Å². The lowest BCUT2D eigenvalue weighted by Crippen LogP contribution is -2.64. The van der Waals surface area contributed by atoms with Crippen LogP contribution in [0.4, 0.5) is 4.79 Å². The molecule has 2 N–H and O–H groups in total. The average Bonchev–Trinajstić information content (AvgIpc) is 3.46. The number of aliphatic carboxylic acids is 1. The number of rotatable bonds is 7. The second-order valence-corrected chi connectivity index (χ2v) is 11.0. The fraction of sp³-hybridized carbons (Fsp3) is 0.360. The minimum atomic E-state index is -1.42. The SMILES string of the molecule is CSc1c2sc(C3=C(C(=O)[O-])N4C(=O)[C@H]([C@@H](C)O)[C@H]4[C@H]3C)c(C)[n+]2cn1C(=O)NOCc1ccccc1. The molecule has 1 fully saturated rings. The third kappa shape index (κ3) is 3.95. The molecule has 1 aromatic carbocycles. The number of hydroxylamine groups is 1. The monoisotopic (exact) mass is 542 g/mol. The van der Waals surface area contributed by atoms with Crippen LogP contribution < -0.4 is 15.0 Å². The van der Waals surface area contributed by atoms with Crippen LogP contribution in [0, 0.1) is 18.8 Å². The predicted octanol–water partition coefficient (Wildman–Crippen LogP) is 1.33. The molecule has 2 aliphatic rings. The van der Waals surface area contributed by atoms with Gasteiger partial charge in [-0.3, -0.25) is 9.63 Å². The van der Waals surface area contributed by atoms with Crippen LogP contribution in [0.1, 0.15) is 30.0 Å². The third-order valence-corrected chi connectivity index (χ3v) is 9.21. The van der Waals surface area contributed by atoms with Gasteiger partial charge >= 0.3 is 6.03 Å². The van der Waals surface area contributed by atoms with Gasteiger partial charge in [-0.2, -0.15) is 9.88 Å². The van der Waals surface area contributed by atoms with Gasteiger partial charge in [0, 0.05) is 11.5 Å². The van der Waals surface area contributed by atoms with Gasteiger partial charge in [-0.15, -0.1) is 4.57 Å². The summed E-state index contributed by atoms with van der Waals surface area (Å²) < 4.78 is 3.28. The summed E-state index contributed by atoms with van der Waals surface area (Å²) >= 11 is 2.72. The molecule has 4 atom stereocenters. The van der Waals surface area contributed by atoms with Crippen LogP contribution >= 0.6 is 23.1 Å². The second-order valence-electron chi connectivity index (χ2n) is 9.17. The molecular weight excluding hydrogens is 516 g/mol. The Balaban J connectivity index is 1.48. The number of aromatic nitrogens is 2. The zero-order valence-electron chi connectivity index (χ0n) is 20.6. The first-order valence-electron chi connectivity index (χ1n) is 11.7. The number of amides is 2. The highest BCUT2D eigenvalue weighted by atomic mass is 32.2. The molecule has 0 saturated carbocycles. The maximum absolute atomic E-state index is 12.9. The highest BCUT2D eigenvalue weighted by Gasteiger charge is 2.59. The molecule has 0 radical (unpaired) electrons. The molecule has 0 aliphatic carbocycles. The molecule has 37 heavy (non-hydrogen) atoms. The minimum Gasteiger partial charge on any atom is -0.543 e. The number of thiazole rings is 1. The number of thioether (sulfide) groups is 1. The first-order chi connectivity index (χ1) is 17.7. The second kappa shape index (κ2) is 9.60. The zero-order valence-corrected chi connectivity index (χ0v) is 22.3. The third-order valence-electron chi connectivity index (χ3n) is 7.00. The molecule has 10 nitrogen and oxygen atoms in total. The molecular formula is C25H26N4O6S2. The summed E-state index contributed by atoms with van der Waals surface area (Å²) in [6.45, 7) is 5.47. The number of aryl methyl sites for hydroxylation is 1. The molecule has 5 rings (SSSR count). The van der Waals surface area contributed by atoms with E-state index < -0.39 is 36.0 Å². The number of carbonyl (C=O) groups is 3. The number of nitrogens with zero attached hydrogens (tertiary/aromatic N) is 3. The van der Waals surface area contributed by atoms with Gasteiger partial charge in [0.1, 0.15) is 5.69 Å². The first-order valence-corrected chi connectivity index (χ1v) is 13.7. The molecule has 0 unspecified atom stereocenters. The number of nitrogens with one attached hydrogen (secondary N) is 1. The van der Waals surface area contributed by atoms with Crippen LogP contribution in [0.3, 0.4) is 0 Å². The van der Waals surface area contributed by atoms with Crippen molar-refractivity contribution in [2.45, 2.75) is 44.5 Å². The van der Waals surface area contributed by atoms with E-state index in [0.717, 1.165) is 16.1 Å². The number of carbonyl (C=O) groups excluding carboxylic acids is 3.